The van der Waals surface area contributed by atoms with Gasteiger partial charge in [0.15, 0.2) is 0 Å². The Morgan fingerprint density at radius 3 is 2.80 bits per heavy atom. The average Bonchev–Trinajstić information content (AvgIpc) is 2.18. The maximum atomic E-state index is 10.8. The third-order valence-electron chi connectivity index (χ3n) is 3.33. The van der Waals surface area contributed by atoms with Crippen molar-refractivity contribution in [3.8, 4) is 0 Å². The number of benzene rings is 1. The number of nitrogens with one attached hydrogen (secondary N) is 1. The molecule has 0 aromatic heterocycles. The highest BCUT2D eigenvalue weighted by molar-refractivity contribution is 5.80. The van der Waals surface area contributed by atoms with E-state index < -0.39 is 0 Å². The van der Waals surface area contributed by atoms with Crippen LogP contribution >= 0.6 is 0 Å². The second-order valence-corrected chi connectivity index (χ2v) is 4.93. The zero-order valence-electron chi connectivity index (χ0n) is 9.55. The first-order valence-corrected chi connectivity index (χ1v) is 5.39. The Balaban J connectivity index is 2.60. The Bertz CT molecular complexity index is 407. The van der Waals surface area contributed by atoms with Crippen molar-refractivity contribution in [3.05, 3.63) is 28.8 Å². The van der Waals surface area contributed by atoms with Gasteiger partial charge in [-0.15, -0.1) is 0 Å². The molecule has 1 N–H and O–H groups in total. The zero-order chi connectivity index (χ0) is 11.1. The highest BCUT2D eigenvalue weighted by Gasteiger charge is 2.27. The molecule has 0 spiro atoms. The Morgan fingerprint density at radius 2 is 2.13 bits per heavy atom. The van der Waals surface area contributed by atoms with E-state index in [1.54, 1.807) is 0 Å². The Morgan fingerprint density at radius 1 is 1.40 bits per heavy atom. The summed E-state index contributed by atoms with van der Waals surface area (Å²) in [5.74, 6) is 0. The topological polar surface area (TPSA) is 29.1 Å². The van der Waals surface area contributed by atoms with E-state index >= 15 is 0 Å². The molecule has 1 aliphatic heterocycles. The minimum Gasteiger partial charge on any atom is -0.385 e. The lowest BCUT2D eigenvalue weighted by molar-refractivity contribution is 0.112. The fraction of sp³-hybridized carbons (Fsp3) is 0.462. The smallest absolute Gasteiger partial charge is 0.150 e. The molecule has 0 atom stereocenters. The summed E-state index contributed by atoms with van der Waals surface area (Å²) >= 11 is 0. The Labute approximate surface area is 90.7 Å². The molecule has 2 rings (SSSR count). The van der Waals surface area contributed by atoms with Crippen LogP contribution in [-0.2, 0) is 5.41 Å². The van der Waals surface area contributed by atoms with Crippen molar-refractivity contribution in [3.63, 3.8) is 0 Å². The summed E-state index contributed by atoms with van der Waals surface area (Å²) in [6.07, 6.45) is 2.07. The van der Waals surface area contributed by atoms with Crippen molar-refractivity contribution in [2.75, 3.05) is 11.9 Å². The van der Waals surface area contributed by atoms with Crippen molar-refractivity contribution in [1.29, 1.82) is 0 Å². The molecule has 0 saturated heterocycles. The van der Waals surface area contributed by atoms with Crippen LogP contribution in [0.2, 0.25) is 0 Å². The van der Waals surface area contributed by atoms with Crippen LogP contribution in [0, 0.1) is 6.92 Å². The first-order valence-electron chi connectivity index (χ1n) is 5.39. The van der Waals surface area contributed by atoms with Gasteiger partial charge >= 0.3 is 0 Å². The highest BCUT2D eigenvalue weighted by atomic mass is 16.1. The second-order valence-electron chi connectivity index (χ2n) is 4.93. The number of carbonyl (C=O) groups excluding carboxylic acids is 1. The minimum absolute atomic E-state index is 0.215. The predicted molar refractivity (Wildman–Crippen MR) is 62.7 cm³/mol. The van der Waals surface area contributed by atoms with E-state index in [2.05, 4.69) is 25.2 Å². The van der Waals surface area contributed by atoms with Gasteiger partial charge in [-0.3, -0.25) is 4.79 Å². The molecule has 1 aromatic rings. The molecule has 0 saturated carbocycles. The number of aryl methyl sites for hydroxylation is 1. The lowest BCUT2D eigenvalue weighted by atomic mass is 9.77. The van der Waals surface area contributed by atoms with Crippen molar-refractivity contribution < 1.29 is 4.79 Å². The highest BCUT2D eigenvalue weighted by Crippen LogP contribution is 2.37. The second kappa shape index (κ2) is 3.37. The first kappa shape index (κ1) is 10.2. The molecule has 0 radical (unpaired) electrons. The maximum Gasteiger partial charge on any atom is 0.150 e. The Kier molecular flexibility index (Phi) is 2.29. The molecule has 1 heterocycles. The summed E-state index contributed by atoms with van der Waals surface area (Å²) < 4.78 is 0. The maximum absolute atomic E-state index is 10.8. The summed E-state index contributed by atoms with van der Waals surface area (Å²) in [5.41, 5.74) is 4.53. The number of rotatable bonds is 1. The fourth-order valence-electron chi connectivity index (χ4n) is 2.20. The third-order valence-corrected chi connectivity index (χ3v) is 3.33. The van der Waals surface area contributed by atoms with Crippen LogP contribution in [0.4, 0.5) is 5.69 Å². The van der Waals surface area contributed by atoms with Gasteiger partial charge in [0.05, 0.1) is 0 Å². The van der Waals surface area contributed by atoms with Gasteiger partial charge in [-0.25, -0.2) is 0 Å². The van der Waals surface area contributed by atoms with Gasteiger partial charge in [-0.05, 0) is 36.0 Å². The first-order chi connectivity index (χ1) is 7.04. The van der Waals surface area contributed by atoms with Crippen LogP contribution in [-0.4, -0.2) is 12.8 Å². The molecule has 0 bridgehead atoms. The molecule has 80 valence electrons. The molecule has 2 nitrogen and oxygen atoms in total. The van der Waals surface area contributed by atoms with Gasteiger partial charge in [-0.1, -0.05) is 19.9 Å². The van der Waals surface area contributed by atoms with E-state index in [9.17, 15) is 4.79 Å². The standard InChI is InChI=1S/C13H17NO/c1-9-6-11-12(7-10(9)8-15)14-5-4-13(11,2)3/h6-8,14H,4-5H2,1-3H3. The summed E-state index contributed by atoms with van der Waals surface area (Å²) in [4.78, 5) is 10.8. The van der Waals surface area contributed by atoms with Crippen LogP contribution in [0.3, 0.4) is 0 Å². The van der Waals surface area contributed by atoms with E-state index in [0.717, 1.165) is 36.1 Å². The molecule has 1 aromatic carbocycles. The molecule has 15 heavy (non-hydrogen) atoms. The molecule has 0 amide bonds. The van der Waals surface area contributed by atoms with Gasteiger partial charge in [0.25, 0.3) is 0 Å². The zero-order valence-corrected chi connectivity index (χ0v) is 9.55. The molecule has 1 aliphatic rings. The molecule has 0 unspecified atom stereocenters. The van der Waals surface area contributed by atoms with E-state index in [0.29, 0.717) is 0 Å². The van der Waals surface area contributed by atoms with Gasteiger partial charge in [0, 0.05) is 17.8 Å². The van der Waals surface area contributed by atoms with Crippen LogP contribution in [0.1, 0.15) is 41.8 Å². The van der Waals surface area contributed by atoms with Gasteiger partial charge in [0.1, 0.15) is 6.29 Å². The lowest BCUT2D eigenvalue weighted by Gasteiger charge is -2.33. The Hall–Kier alpha value is -1.31. The van der Waals surface area contributed by atoms with Gasteiger partial charge in [0.2, 0.25) is 0 Å². The fourth-order valence-corrected chi connectivity index (χ4v) is 2.20. The molecule has 0 aliphatic carbocycles. The number of aldehydes is 1. The summed E-state index contributed by atoms with van der Waals surface area (Å²) in [6.45, 7) is 7.50. The summed E-state index contributed by atoms with van der Waals surface area (Å²) in [5, 5.41) is 3.36. The predicted octanol–water partition coefficient (Wildman–Crippen LogP) is 2.90. The number of hydrogen-bond donors (Lipinski definition) is 1. The number of anilines is 1. The monoisotopic (exact) mass is 203 g/mol. The van der Waals surface area contributed by atoms with Gasteiger partial charge in [-0.2, -0.15) is 0 Å². The minimum atomic E-state index is 0.215. The molecular weight excluding hydrogens is 186 g/mol. The van der Waals surface area contributed by atoms with E-state index in [-0.39, 0.29) is 5.41 Å². The SMILES string of the molecule is Cc1cc2c(cc1C=O)NCCC2(C)C. The van der Waals surface area contributed by atoms with Gasteiger partial charge < -0.3 is 5.32 Å². The van der Waals surface area contributed by atoms with Crippen LogP contribution in [0.15, 0.2) is 12.1 Å². The molecule has 0 fully saturated rings. The normalized spacial score (nSPS) is 17.8. The van der Waals surface area contributed by atoms with Crippen molar-refractivity contribution in [2.45, 2.75) is 32.6 Å². The summed E-state index contributed by atoms with van der Waals surface area (Å²) in [7, 11) is 0. The number of hydrogen-bond acceptors (Lipinski definition) is 2. The molecular formula is C13H17NO. The number of fused-ring (bicyclic) bond motifs is 1. The van der Waals surface area contributed by atoms with E-state index in [1.807, 2.05) is 13.0 Å². The van der Waals surface area contributed by atoms with Crippen LogP contribution in [0.25, 0.3) is 0 Å². The molecule has 2 heteroatoms. The summed E-state index contributed by atoms with van der Waals surface area (Å²) in [6, 6.07) is 4.11. The quantitative estimate of drug-likeness (QED) is 0.711. The van der Waals surface area contributed by atoms with Crippen molar-refractivity contribution in [1.82, 2.24) is 0 Å². The van der Waals surface area contributed by atoms with Crippen molar-refractivity contribution in [2.24, 2.45) is 0 Å². The van der Waals surface area contributed by atoms with E-state index in [4.69, 9.17) is 0 Å². The van der Waals surface area contributed by atoms with Crippen LogP contribution in [0.5, 0.6) is 0 Å². The van der Waals surface area contributed by atoms with E-state index in [1.165, 1.54) is 5.56 Å². The third kappa shape index (κ3) is 1.65. The average molecular weight is 203 g/mol. The van der Waals surface area contributed by atoms with Crippen LogP contribution < -0.4 is 5.32 Å². The lowest BCUT2D eigenvalue weighted by Crippen LogP contribution is -2.28. The van der Waals surface area contributed by atoms with Crippen molar-refractivity contribution >= 4 is 12.0 Å². The largest absolute Gasteiger partial charge is 0.385 e. The number of carbonyl (C=O) groups is 1.